The molecule has 0 fully saturated rings. The molecule has 1 heterocycles. The first kappa shape index (κ1) is 26.5. The monoisotopic (exact) mass is 566 g/mol. The largest absolute Gasteiger partial charge is 0.462 e. The fraction of sp³-hybridized carbons (Fsp3) is 0.280. The van der Waals surface area contributed by atoms with E-state index in [1.54, 1.807) is 25.1 Å². The van der Waals surface area contributed by atoms with E-state index in [9.17, 15) is 18.0 Å². The molecule has 190 valence electrons. The molecule has 0 aliphatic heterocycles. The van der Waals surface area contributed by atoms with Gasteiger partial charge in [-0.1, -0.05) is 41.4 Å². The fourth-order valence-corrected chi connectivity index (χ4v) is 7.32. The van der Waals surface area contributed by atoms with Crippen LogP contribution in [0.4, 0.5) is 10.7 Å². The van der Waals surface area contributed by atoms with E-state index < -0.39 is 28.4 Å². The number of anilines is 2. The molecule has 4 rings (SSSR count). The number of carbonyl (C=O) groups excluding carboxylic acids is 2. The zero-order valence-electron chi connectivity index (χ0n) is 19.4. The summed E-state index contributed by atoms with van der Waals surface area (Å²) in [5.41, 5.74) is 1.39. The maximum absolute atomic E-state index is 13.6. The van der Waals surface area contributed by atoms with Crippen LogP contribution in [0.15, 0.2) is 53.4 Å². The summed E-state index contributed by atoms with van der Waals surface area (Å²) < 4.78 is 33.3. The predicted octanol–water partition coefficient (Wildman–Crippen LogP) is 5.94. The van der Waals surface area contributed by atoms with Crippen molar-refractivity contribution in [3.63, 3.8) is 0 Å². The number of nitrogens with one attached hydrogen (secondary N) is 1. The van der Waals surface area contributed by atoms with Crippen LogP contribution >= 0.6 is 34.5 Å². The van der Waals surface area contributed by atoms with Gasteiger partial charge in [-0.3, -0.25) is 9.10 Å². The van der Waals surface area contributed by atoms with Crippen LogP contribution in [-0.4, -0.2) is 33.4 Å². The first-order valence-electron chi connectivity index (χ1n) is 11.4. The van der Waals surface area contributed by atoms with Gasteiger partial charge in [0.15, 0.2) is 0 Å². The topological polar surface area (TPSA) is 92.8 Å². The summed E-state index contributed by atoms with van der Waals surface area (Å²) in [4.78, 5) is 27.0. The van der Waals surface area contributed by atoms with Gasteiger partial charge in [-0.05, 0) is 68.5 Å². The maximum atomic E-state index is 13.6. The van der Waals surface area contributed by atoms with Gasteiger partial charge in [0.05, 0.1) is 22.8 Å². The highest BCUT2D eigenvalue weighted by molar-refractivity contribution is 7.92. The first-order chi connectivity index (χ1) is 17.2. The number of rotatable bonds is 8. The Balaban J connectivity index is 1.69. The Kier molecular flexibility index (Phi) is 8.24. The van der Waals surface area contributed by atoms with Crippen LogP contribution in [0.25, 0.3) is 0 Å². The Morgan fingerprint density at radius 2 is 1.72 bits per heavy atom. The number of fused-ring (bicyclic) bond motifs is 1. The second kappa shape index (κ2) is 11.2. The van der Waals surface area contributed by atoms with Gasteiger partial charge in [-0.25, -0.2) is 13.2 Å². The van der Waals surface area contributed by atoms with Crippen molar-refractivity contribution in [2.75, 3.05) is 22.8 Å². The number of benzene rings is 2. The molecule has 1 aromatic heterocycles. The van der Waals surface area contributed by atoms with Gasteiger partial charge in [0.25, 0.3) is 10.0 Å². The standard InChI is InChI=1S/C25H24Cl2N2O5S2/c1-2-34-25(31)23-20-10-6-7-11-21(20)35-24(23)28-22(30)15-29(18-13-16(26)12-17(27)14-18)36(32,33)19-8-4-3-5-9-19/h3-5,8-9,12-14H,2,6-7,10-11,15H2,1H3,(H,28,30). The molecule has 0 saturated carbocycles. The minimum atomic E-state index is -4.15. The van der Waals surface area contributed by atoms with Crippen molar-refractivity contribution in [3.8, 4) is 0 Å². The van der Waals surface area contributed by atoms with Crippen LogP contribution < -0.4 is 9.62 Å². The fourth-order valence-electron chi connectivity index (χ4n) is 4.09. The Morgan fingerprint density at radius 1 is 1.06 bits per heavy atom. The molecule has 0 radical (unpaired) electrons. The van der Waals surface area contributed by atoms with Crippen molar-refractivity contribution in [1.29, 1.82) is 0 Å². The minimum absolute atomic E-state index is 0.00713. The van der Waals surface area contributed by atoms with E-state index in [1.807, 2.05) is 0 Å². The molecule has 1 aliphatic rings. The molecule has 0 unspecified atom stereocenters. The van der Waals surface area contributed by atoms with Crippen molar-refractivity contribution >= 4 is 67.1 Å². The molecule has 3 aromatic rings. The van der Waals surface area contributed by atoms with Gasteiger partial charge in [-0.15, -0.1) is 11.3 Å². The van der Waals surface area contributed by atoms with Crippen molar-refractivity contribution in [1.82, 2.24) is 0 Å². The molecule has 0 saturated heterocycles. The molecule has 1 N–H and O–H groups in total. The summed E-state index contributed by atoms with van der Waals surface area (Å²) in [6.07, 6.45) is 3.49. The Labute approximate surface area is 224 Å². The lowest BCUT2D eigenvalue weighted by molar-refractivity contribution is -0.114. The number of sulfonamides is 1. The lowest BCUT2D eigenvalue weighted by Gasteiger charge is -2.24. The van der Waals surface area contributed by atoms with Crippen LogP contribution in [0.3, 0.4) is 0 Å². The van der Waals surface area contributed by atoms with E-state index in [2.05, 4.69) is 5.32 Å². The van der Waals surface area contributed by atoms with Crippen LogP contribution in [0.5, 0.6) is 0 Å². The van der Waals surface area contributed by atoms with Crippen molar-refractivity contribution in [2.45, 2.75) is 37.5 Å². The lowest BCUT2D eigenvalue weighted by Crippen LogP contribution is -2.38. The third kappa shape index (κ3) is 5.70. The quantitative estimate of drug-likeness (QED) is 0.340. The second-order valence-corrected chi connectivity index (χ2v) is 12.0. The van der Waals surface area contributed by atoms with Gasteiger partial charge < -0.3 is 10.1 Å². The molecule has 0 atom stereocenters. The average Bonchev–Trinajstić information content (AvgIpc) is 3.20. The molecule has 11 heteroatoms. The van der Waals surface area contributed by atoms with Crippen LogP contribution in [0, 0.1) is 0 Å². The van der Waals surface area contributed by atoms with E-state index in [0.717, 1.165) is 40.4 Å². The molecule has 1 amide bonds. The molecular formula is C25H24Cl2N2O5S2. The Morgan fingerprint density at radius 3 is 2.39 bits per heavy atom. The maximum Gasteiger partial charge on any atom is 0.341 e. The van der Waals surface area contributed by atoms with E-state index in [1.165, 1.54) is 41.7 Å². The summed E-state index contributed by atoms with van der Waals surface area (Å²) in [6, 6.07) is 12.1. The molecular weight excluding hydrogens is 543 g/mol. The van der Waals surface area contributed by atoms with E-state index in [4.69, 9.17) is 27.9 Å². The highest BCUT2D eigenvalue weighted by Gasteiger charge is 2.30. The SMILES string of the molecule is CCOC(=O)c1c(NC(=O)CN(c2cc(Cl)cc(Cl)c2)S(=O)(=O)c2ccccc2)sc2c1CCCC2. The third-order valence-corrected chi connectivity index (χ3v) is 9.09. The number of thiophene rings is 1. The number of esters is 1. The van der Waals surface area contributed by atoms with Gasteiger partial charge >= 0.3 is 5.97 Å². The highest BCUT2D eigenvalue weighted by atomic mass is 35.5. The summed E-state index contributed by atoms with van der Waals surface area (Å²) in [6.45, 7) is 1.37. The second-order valence-electron chi connectivity index (χ2n) is 8.14. The van der Waals surface area contributed by atoms with Crippen molar-refractivity contribution in [2.24, 2.45) is 0 Å². The molecule has 2 aromatic carbocycles. The number of carbonyl (C=O) groups is 2. The smallest absolute Gasteiger partial charge is 0.341 e. The number of aryl methyl sites for hydroxylation is 1. The number of nitrogens with zero attached hydrogens (tertiary/aromatic N) is 1. The number of hydrogen-bond donors (Lipinski definition) is 1. The van der Waals surface area contributed by atoms with Gasteiger partial charge in [0.1, 0.15) is 11.5 Å². The molecule has 7 nitrogen and oxygen atoms in total. The average molecular weight is 568 g/mol. The number of ether oxygens (including phenoxy) is 1. The predicted molar refractivity (Wildman–Crippen MR) is 143 cm³/mol. The highest BCUT2D eigenvalue weighted by Crippen LogP contribution is 2.39. The molecule has 0 spiro atoms. The van der Waals surface area contributed by atoms with Gasteiger partial charge in [0.2, 0.25) is 5.91 Å². The number of hydrogen-bond acceptors (Lipinski definition) is 6. The third-order valence-electron chi connectivity index (χ3n) is 5.66. The molecule has 36 heavy (non-hydrogen) atoms. The Hall–Kier alpha value is -2.59. The number of halogens is 2. The number of amides is 1. The van der Waals surface area contributed by atoms with Crippen molar-refractivity contribution < 1.29 is 22.7 Å². The zero-order valence-corrected chi connectivity index (χ0v) is 22.6. The van der Waals surface area contributed by atoms with Crippen molar-refractivity contribution in [3.05, 3.63) is 74.6 Å². The molecule has 0 bridgehead atoms. The van der Waals surface area contributed by atoms with E-state index >= 15 is 0 Å². The van der Waals surface area contributed by atoms with Crippen LogP contribution in [0.2, 0.25) is 10.0 Å². The first-order valence-corrected chi connectivity index (χ1v) is 14.4. The van der Waals surface area contributed by atoms with E-state index in [-0.39, 0.29) is 27.2 Å². The van der Waals surface area contributed by atoms with Crippen LogP contribution in [0.1, 0.15) is 40.6 Å². The molecule has 1 aliphatic carbocycles. The Bertz CT molecular complexity index is 1370. The normalized spacial score (nSPS) is 13.1. The summed E-state index contributed by atoms with van der Waals surface area (Å²) in [5.74, 6) is -1.11. The van der Waals surface area contributed by atoms with Gasteiger partial charge in [-0.2, -0.15) is 0 Å². The minimum Gasteiger partial charge on any atom is -0.462 e. The summed E-state index contributed by atoms with van der Waals surface area (Å²) in [7, 11) is -4.15. The van der Waals surface area contributed by atoms with Crippen LogP contribution in [-0.2, 0) is 32.4 Å². The van der Waals surface area contributed by atoms with Gasteiger partial charge in [0, 0.05) is 14.9 Å². The lowest BCUT2D eigenvalue weighted by atomic mass is 9.95. The summed E-state index contributed by atoms with van der Waals surface area (Å²) >= 11 is 13.6. The van der Waals surface area contributed by atoms with E-state index in [0.29, 0.717) is 10.6 Å². The zero-order chi connectivity index (χ0) is 25.9. The summed E-state index contributed by atoms with van der Waals surface area (Å²) in [5, 5.41) is 3.58.